The summed E-state index contributed by atoms with van der Waals surface area (Å²) in [5.74, 6) is -2.42. The molecule has 0 aliphatic heterocycles. The van der Waals surface area contributed by atoms with Crippen molar-refractivity contribution >= 4 is 11.6 Å². The molecule has 0 amide bonds. The number of phenols is 2. The Kier molecular flexibility index (Phi) is 1.68. The molecule has 0 bridgehead atoms. The molecule has 54 valence electrons. The van der Waals surface area contributed by atoms with Crippen LogP contribution in [0, 0.1) is 5.82 Å². The van der Waals surface area contributed by atoms with Crippen molar-refractivity contribution in [3.05, 3.63) is 23.0 Å². The first-order valence-electron chi connectivity index (χ1n) is 2.49. The molecule has 0 aliphatic rings. The van der Waals surface area contributed by atoms with E-state index in [4.69, 9.17) is 21.8 Å². The lowest BCUT2D eigenvalue weighted by Crippen LogP contribution is -1.77. The molecular formula is C6H4ClFO2. The molecule has 2 nitrogen and oxygen atoms in total. The van der Waals surface area contributed by atoms with Gasteiger partial charge in [-0.05, 0) is 12.1 Å². The fourth-order valence-corrected chi connectivity index (χ4v) is 0.676. The van der Waals surface area contributed by atoms with E-state index >= 15 is 0 Å². The lowest BCUT2D eigenvalue weighted by Gasteiger charge is -1.98. The second-order valence-electron chi connectivity index (χ2n) is 1.73. The molecular weight excluding hydrogens is 159 g/mol. The van der Waals surface area contributed by atoms with E-state index in [1.807, 2.05) is 0 Å². The average Bonchev–Trinajstić information content (AvgIpc) is 1.93. The van der Waals surface area contributed by atoms with Crippen LogP contribution in [-0.4, -0.2) is 10.2 Å². The van der Waals surface area contributed by atoms with Crippen LogP contribution in [0.1, 0.15) is 0 Å². The number of phenolic OH excluding ortho intramolecular Hbond substituents is 2. The molecule has 10 heavy (non-hydrogen) atoms. The summed E-state index contributed by atoms with van der Waals surface area (Å²) in [5.41, 5.74) is 0. The minimum atomic E-state index is -1.09. The number of rotatable bonds is 0. The van der Waals surface area contributed by atoms with Crippen molar-refractivity contribution in [1.29, 1.82) is 0 Å². The summed E-state index contributed by atoms with van der Waals surface area (Å²) in [6.45, 7) is 0. The first-order chi connectivity index (χ1) is 4.63. The number of hydrogen-bond donors (Lipinski definition) is 2. The van der Waals surface area contributed by atoms with E-state index in [0.717, 1.165) is 6.07 Å². The lowest BCUT2D eigenvalue weighted by molar-refractivity contribution is 0.389. The Morgan fingerprint density at radius 3 is 2.40 bits per heavy atom. The van der Waals surface area contributed by atoms with Crippen LogP contribution < -0.4 is 0 Å². The topological polar surface area (TPSA) is 40.5 Å². The van der Waals surface area contributed by atoms with E-state index in [-0.39, 0.29) is 5.02 Å². The van der Waals surface area contributed by atoms with Gasteiger partial charge in [0.1, 0.15) is 0 Å². The zero-order valence-electron chi connectivity index (χ0n) is 4.81. The predicted molar refractivity (Wildman–Crippen MR) is 34.7 cm³/mol. The summed E-state index contributed by atoms with van der Waals surface area (Å²) in [6, 6.07) is 2.27. The smallest absolute Gasteiger partial charge is 0.207 e. The van der Waals surface area contributed by atoms with Crippen LogP contribution in [0.5, 0.6) is 11.5 Å². The molecule has 1 rings (SSSR count). The van der Waals surface area contributed by atoms with Gasteiger partial charge in [0.05, 0.1) is 5.02 Å². The first kappa shape index (κ1) is 7.15. The second-order valence-corrected chi connectivity index (χ2v) is 2.14. The third-order valence-electron chi connectivity index (χ3n) is 1.05. The molecule has 0 spiro atoms. The Morgan fingerprint density at radius 2 is 1.90 bits per heavy atom. The fraction of sp³-hybridized carbons (Fsp3) is 0. The Morgan fingerprint density at radius 1 is 1.30 bits per heavy atom. The van der Waals surface area contributed by atoms with Crippen molar-refractivity contribution in [2.24, 2.45) is 0 Å². The zero-order chi connectivity index (χ0) is 7.72. The van der Waals surface area contributed by atoms with E-state index in [1.165, 1.54) is 6.07 Å². The van der Waals surface area contributed by atoms with Gasteiger partial charge in [0.2, 0.25) is 5.82 Å². The number of hydrogen-bond acceptors (Lipinski definition) is 2. The van der Waals surface area contributed by atoms with E-state index in [2.05, 4.69) is 0 Å². The molecule has 0 atom stereocenters. The van der Waals surface area contributed by atoms with Crippen LogP contribution >= 0.6 is 11.6 Å². The van der Waals surface area contributed by atoms with Gasteiger partial charge in [0, 0.05) is 0 Å². The molecule has 0 heterocycles. The summed E-state index contributed by atoms with van der Waals surface area (Å²) in [7, 11) is 0. The molecule has 0 unspecified atom stereocenters. The summed E-state index contributed by atoms with van der Waals surface area (Å²) < 4.78 is 12.4. The maximum Gasteiger partial charge on any atom is 0.207 e. The Labute approximate surface area is 61.5 Å². The molecule has 0 aromatic heterocycles. The minimum Gasteiger partial charge on any atom is -0.505 e. The van der Waals surface area contributed by atoms with Crippen molar-refractivity contribution in [3.63, 3.8) is 0 Å². The van der Waals surface area contributed by atoms with E-state index in [0.29, 0.717) is 0 Å². The lowest BCUT2D eigenvalue weighted by atomic mass is 10.3. The third kappa shape index (κ3) is 0.998. The van der Waals surface area contributed by atoms with Gasteiger partial charge in [-0.2, -0.15) is 4.39 Å². The van der Waals surface area contributed by atoms with Gasteiger partial charge >= 0.3 is 0 Å². The predicted octanol–water partition coefficient (Wildman–Crippen LogP) is 1.89. The normalized spacial score (nSPS) is 9.80. The van der Waals surface area contributed by atoms with E-state index in [9.17, 15) is 4.39 Å². The van der Waals surface area contributed by atoms with Crippen LogP contribution in [0.4, 0.5) is 4.39 Å². The van der Waals surface area contributed by atoms with Gasteiger partial charge in [0.15, 0.2) is 11.5 Å². The largest absolute Gasteiger partial charge is 0.505 e. The highest BCUT2D eigenvalue weighted by Crippen LogP contribution is 2.31. The average molecular weight is 163 g/mol. The monoisotopic (exact) mass is 162 g/mol. The molecule has 0 radical (unpaired) electrons. The van der Waals surface area contributed by atoms with Crippen molar-refractivity contribution in [3.8, 4) is 11.5 Å². The SMILES string of the molecule is Oc1ccc(Cl)c(O)c1F. The highest BCUT2D eigenvalue weighted by molar-refractivity contribution is 6.32. The summed E-state index contributed by atoms with van der Waals surface area (Å²) in [5, 5.41) is 17.2. The van der Waals surface area contributed by atoms with Gasteiger partial charge in [0.25, 0.3) is 0 Å². The van der Waals surface area contributed by atoms with E-state index in [1.54, 1.807) is 0 Å². The fourth-order valence-electron chi connectivity index (χ4n) is 0.530. The molecule has 0 aliphatic carbocycles. The highest BCUT2D eigenvalue weighted by atomic mass is 35.5. The van der Waals surface area contributed by atoms with Gasteiger partial charge in [-0.3, -0.25) is 0 Å². The Balaban J connectivity index is 3.34. The number of halogens is 2. The number of aromatic hydroxyl groups is 2. The first-order valence-corrected chi connectivity index (χ1v) is 2.86. The van der Waals surface area contributed by atoms with Crippen molar-refractivity contribution in [2.75, 3.05) is 0 Å². The van der Waals surface area contributed by atoms with Gasteiger partial charge < -0.3 is 10.2 Å². The van der Waals surface area contributed by atoms with Crippen LogP contribution in [0.15, 0.2) is 12.1 Å². The molecule has 0 fully saturated rings. The molecule has 0 saturated heterocycles. The van der Waals surface area contributed by atoms with Crippen molar-refractivity contribution in [1.82, 2.24) is 0 Å². The highest BCUT2D eigenvalue weighted by Gasteiger charge is 2.08. The zero-order valence-corrected chi connectivity index (χ0v) is 5.56. The van der Waals surface area contributed by atoms with Gasteiger partial charge in [-0.1, -0.05) is 11.6 Å². The molecule has 4 heteroatoms. The van der Waals surface area contributed by atoms with Gasteiger partial charge in [-0.25, -0.2) is 0 Å². The molecule has 2 N–H and O–H groups in total. The maximum atomic E-state index is 12.4. The molecule has 1 aromatic carbocycles. The summed E-state index contributed by atoms with van der Waals surface area (Å²) in [4.78, 5) is 0. The second kappa shape index (κ2) is 2.34. The number of benzene rings is 1. The van der Waals surface area contributed by atoms with Crippen LogP contribution in [-0.2, 0) is 0 Å². The Bertz CT molecular complexity index is 235. The molecule has 0 saturated carbocycles. The standard InChI is InChI=1S/C6H4ClFO2/c7-3-1-2-4(9)5(8)6(3)10/h1-2,9-10H. The maximum absolute atomic E-state index is 12.4. The van der Waals surface area contributed by atoms with E-state index < -0.39 is 17.3 Å². The van der Waals surface area contributed by atoms with Gasteiger partial charge in [-0.15, -0.1) is 0 Å². The van der Waals surface area contributed by atoms with Crippen molar-refractivity contribution < 1.29 is 14.6 Å². The van der Waals surface area contributed by atoms with Crippen molar-refractivity contribution in [2.45, 2.75) is 0 Å². The quantitative estimate of drug-likeness (QED) is 0.612. The molecule has 1 aromatic rings. The minimum absolute atomic E-state index is 0.115. The van der Waals surface area contributed by atoms with Crippen LogP contribution in [0.2, 0.25) is 5.02 Å². The third-order valence-corrected chi connectivity index (χ3v) is 1.35. The van der Waals surface area contributed by atoms with Crippen LogP contribution in [0.3, 0.4) is 0 Å². The summed E-state index contributed by atoms with van der Waals surface area (Å²) >= 11 is 5.28. The summed E-state index contributed by atoms with van der Waals surface area (Å²) in [6.07, 6.45) is 0. The van der Waals surface area contributed by atoms with Crippen LogP contribution in [0.25, 0.3) is 0 Å². The Hall–Kier alpha value is -0.960.